The van der Waals surface area contributed by atoms with E-state index in [1.807, 2.05) is 0 Å². The van der Waals surface area contributed by atoms with Gasteiger partial charge in [0, 0.05) is 18.6 Å². The van der Waals surface area contributed by atoms with E-state index in [9.17, 15) is 25.6 Å². The van der Waals surface area contributed by atoms with Crippen LogP contribution in [0.25, 0.3) is 0 Å². The quantitative estimate of drug-likeness (QED) is 0.608. The predicted molar refractivity (Wildman–Crippen MR) is 118 cm³/mol. The molecule has 1 N–H and O–H groups in total. The Morgan fingerprint density at radius 3 is 2.09 bits per heavy atom. The second kappa shape index (κ2) is 9.17. The standard InChI is InChI=1S/C22H26F2N2O4S2/c23-17-5-3-16(4-6-17)21(26-11-1-2-12-26)13-25-20-14-31(27,28)15-22(20)32(29,30)19-9-7-18(24)8-10-19/h3-10,20-22,25H,1-2,11-15H2/t20-,21?,22-/m0/s1. The van der Waals surface area contributed by atoms with Gasteiger partial charge in [-0.15, -0.1) is 0 Å². The van der Waals surface area contributed by atoms with Gasteiger partial charge >= 0.3 is 0 Å². The topological polar surface area (TPSA) is 83.6 Å². The number of likely N-dealkylation sites (tertiary alicyclic amines) is 1. The van der Waals surface area contributed by atoms with Gasteiger partial charge in [0.2, 0.25) is 0 Å². The van der Waals surface area contributed by atoms with E-state index in [-0.39, 0.29) is 22.5 Å². The molecule has 0 bridgehead atoms. The summed E-state index contributed by atoms with van der Waals surface area (Å²) in [5.74, 6) is -1.66. The Kier molecular flexibility index (Phi) is 6.67. The molecule has 0 spiro atoms. The lowest BCUT2D eigenvalue weighted by molar-refractivity contribution is 0.234. The van der Waals surface area contributed by atoms with E-state index in [0.717, 1.165) is 55.8 Å². The number of nitrogens with zero attached hydrogens (tertiary/aromatic N) is 1. The Morgan fingerprint density at radius 2 is 1.50 bits per heavy atom. The number of halogens is 2. The van der Waals surface area contributed by atoms with E-state index in [2.05, 4.69) is 10.2 Å². The van der Waals surface area contributed by atoms with Crippen LogP contribution in [0.2, 0.25) is 0 Å². The Hall–Kier alpha value is -1.88. The van der Waals surface area contributed by atoms with Crippen molar-refractivity contribution in [3.05, 3.63) is 65.7 Å². The zero-order valence-corrected chi connectivity index (χ0v) is 19.1. The second-order valence-corrected chi connectivity index (χ2v) is 12.8. The van der Waals surface area contributed by atoms with E-state index in [1.54, 1.807) is 12.1 Å². The van der Waals surface area contributed by atoms with Crippen LogP contribution >= 0.6 is 0 Å². The summed E-state index contributed by atoms with van der Waals surface area (Å²) >= 11 is 0. The summed E-state index contributed by atoms with van der Waals surface area (Å²) in [6, 6.07) is 9.71. The monoisotopic (exact) mass is 484 g/mol. The van der Waals surface area contributed by atoms with Gasteiger partial charge in [0.05, 0.1) is 21.7 Å². The average Bonchev–Trinajstić information content (AvgIpc) is 3.38. The second-order valence-electron chi connectivity index (χ2n) is 8.44. The van der Waals surface area contributed by atoms with Crippen LogP contribution in [0.4, 0.5) is 8.78 Å². The lowest BCUT2D eigenvalue weighted by Gasteiger charge is -2.30. The summed E-state index contributed by atoms with van der Waals surface area (Å²) in [6.07, 6.45) is 2.08. The lowest BCUT2D eigenvalue weighted by atomic mass is 10.0. The largest absolute Gasteiger partial charge is 0.310 e. The Morgan fingerprint density at radius 1 is 0.938 bits per heavy atom. The first-order valence-corrected chi connectivity index (χ1v) is 14.0. The third-order valence-corrected chi connectivity index (χ3v) is 10.4. The van der Waals surface area contributed by atoms with Gasteiger partial charge in [0.25, 0.3) is 0 Å². The minimum absolute atomic E-state index is 0.0950. The normalized spacial score (nSPS) is 24.6. The zero-order chi connectivity index (χ0) is 22.9. The van der Waals surface area contributed by atoms with Gasteiger partial charge in [-0.25, -0.2) is 25.6 Å². The zero-order valence-electron chi connectivity index (χ0n) is 17.5. The van der Waals surface area contributed by atoms with Gasteiger partial charge in [0.15, 0.2) is 19.7 Å². The Bertz CT molecular complexity index is 1150. The first kappa shape index (κ1) is 23.3. The molecule has 2 aliphatic heterocycles. The third-order valence-electron chi connectivity index (χ3n) is 6.25. The van der Waals surface area contributed by atoms with Crippen molar-refractivity contribution in [2.75, 3.05) is 31.1 Å². The number of sulfone groups is 2. The van der Waals surface area contributed by atoms with E-state index in [1.165, 1.54) is 12.1 Å². The van der Waals surface area contributed by atoms with Crippen molar-refractivity contribution >= 4 is 19.7 Å². The summed E-state index contributed by atoms with van der Waals surface area (Å²) < 4.78 is 77.8. The predicted octanol–water partition coefficient (Wildman–Crippen LogP) is 2.33. The van der Waals surface area contributed by atoms with Crippen molar-refractivity contribution in [3.63, 3.8) is 0 Å². The van der Waals surface area contributed by atoms with Crippen molar-refractivity contribution in [3.8, 4) is 0 Å². The van der Waals surface area contributed by atoms with Gasteiger partial charge in [-0.3, -0.25) is 4.90 Å². The van der Waals surface area contributed by atoms with Crippen molar-refractivity contribution < 1.29 is 25.6 Å². The molecule has 0 aromatic heterocycles. The molecule has 4 rings (SSSR count). The SMILES string of the molecule is O=S1(=O)C[C@H](NCC(c2ccc(F)cc2)N2CCCC2)[C@@H](S(=O)(=O)c2ccc(F)cc2)C1. The van der Waals surface area contributed by atoms with Gasteiger partial charge in [0.1, 0.15) is 11.6 Å². The number of rotatable bonds is 7. The molecule has 0 amide bonds. The van der Waals surface area contributed by atoms with Gasteiger partial charge in [-0.1, -0.05) is 12.1 Å². The highest BCUT2D eigenvalue weighted by molar-refractivity contribution is 7.96. The first-order chi connectivity index (χ1) is 15.2. The molecule has 2 aliphatic rings. The van der Waals surface area contributed by atoms with Crippen molar-refractivity contribution in [2.45, 2.75) is 35.1 Å². The van der Waals surface area contributed by atoms with E-state index < -0.39 is 42.5 Å². The maximum atomic E-state index is 13.4. The molecule has 1 unspecified atom stereocenters. The highest BCUT2D eigenvalue weighted by Gasteiger charge is 2.46. The Balaban J connectivity index is 1.57. The maximum absolute atomic E-state index is 13.4. The van der Waals surface area contributed by atoms with Crippen molar-refractivity contribution in [1.29, 1.82) is 0 Å². The fourth-order valence-electron chi connectivity index (χ4n) is 4.57. The molecule has 2 fully saturated rings. The highest BCUT2D eigenvalue weighted by Crippen LogP contribution is 2.29. The van der Waals surface area contributed by atoms with Gasteiger partial charge in [-0.2, -0.15) is 0 Å². The van der Waals surface area contributed by atoms with Crippen LogP contribution in [0.5, 0.6) is 0 Å². The van der Waals surface area contributed by atoms with E-state index >= 15 is 0 Å². The van der Waals surface area contributed by atoms with E-state index in [4.69, 9.17) is 0 Å². The minimum Gasteiger partial charge on any atom is -0.310 e. The first-order valence-electron chi connectivity index (χ1n) is 10.6. The molecule has 0 aliphatic carbocycles. The smallest absolute Gasteiger partial charge is 0.183 e. The number of benzene rings is 2. The molecule has 0 saturated carbocycles. The minimum atomic E-state index is -3.98. The number of nitrogens with one attached hydrogen (secondary N) is 1. The van der Waals surface area contributed by atoms with Crippen LogP contribution in [0.3, 0.4) is 0 Å². The van der Waals surface area contributed by atoms with Crippen LogP contribution < -0.4 is 5.32 Å². The van der Waals surface area contributed by atoms with E-state index in [0.29, 0.717) is 6.54 Å². The van der Waals surface area contributed by atoms with Crippen LogP contribution in [0.15, 0.2) is 53.4 Å². The van der Waals surface area contributed by atoms with Crippen LogP contribution in [-0.2, 0) is 19.7 Å². The highest BCUT2D eigenvalue weighted by atomic mass is 32.2. The molecule has 0 radical (unpaired) electrons. The molecule has 174 valence electrons. The summed E-state index contributed by atoms with van der Waals surface area (Å²) in [5, 5.41) is 2.04. The molecule has 10 heteroatoms. The summed E-state index contributed by atoms with van der Waals surface area (Å²) in [4.78, 5) is 2.15. The molecular formula is C22H26F2N2O4S2. The lowest BCUT2D eigenvalue weighted by Crippen LogP contribution is -2.46. The molecule has 2 saturated heterocycles. The molecular weight excluding hydrogens is 458 g/mol. The summed E-state index contributed by atoms with van der Waals surface area (Å²) in [7, 11) is -7.54. The van der Waals surface area contributed by atoms with Gasteiger partial charge in [-0.05, 0) is 67.9 Å². The molecule has 6 nitrogen and oxygen atoms in total. The third kappa shape index (κ3) is 5.03. The summed E-state index contributed by atoms with van der Waals surface area (Å²) in [6.45, 7) is 2.06. The van der Waals surface area contributed by atoms with Crippen molar-refractivity contribution in [1.82, 2.24) is 10.2 Å². The molecule has 3 atom stereocenters. The molecule has 32 heavy (non-hydrogen) atoms. The maximum Gasteiger partial charge on any atom is 0.183 e. The number of hydrogen-bond donors (Lipinski definition) is 1. The van der Waals surface area contributed by atoms with Crippen molar-refractivity contribution in [2.24, 2.45) is 0 Å². The molecule has 2 aromatic carbocycles. The average molecular weight is 485 g/mol. The fourth-order valence-corrected chi connectivity index (χ4v) is 9.29. The molecule has 2 heterocycles. The van der Waals surface area contributed by atoms with Crippen LogP contribution in [0.1, 0.15) is 24.4 Å². The van der Waals surface area contributed by atoms with Gasteiger partial charge < -0.3 is 5.32 Å². The molecule has 2 aromatic rings. The summed E-state index contributed by atoms with van der Waals surface area (Å²) in [5.41, 5.74) is 0.889. The fraction of sp³-hybridized carbons (Fsp3) is 0.455. The van der Waals surface area contributed by atoms with Crippen LogP contribution in [0, 0.1) is 11.6 Å². The van der Waals surface area contributed by atoms with Crippen LogP contribution in [-0.4, -0.2) is 64.2 Å². The Labute approximate surface area is 187 Å². The number of hydrogen-bond acceptors (Lipinski definition) is 6.